The molecule has 0 saturated heterocycles. The van der Waals surface area contributed by atoms with E-state index >= 15 is 0 Å². The second-order valence-electron chi connectivity index (χ2n) is 5.58. The molecule has 1 saturated carbocycles. The Balaban J connectivity index is 2.24. The first-order valence-electron chi connectivity index (χ1n) is 6.65. The average Bonchev–Trinajstić information content (AvgIpc) is 2.33. The fourth-order valence-electron chi connectivity index (χ4n) is 2.78. The molecule has 0 unspecified atom stereocenters. The van der Waals surface area contributed by atoms with E-state index < -0.39 is 0 Å². The molecular weight excluding hydrogens is 206 g/mol. The fraction of sp³-hybridized carbons (Fsp3) is 0.500. The summed E-state index contributed by atoms with van der Waals surface area (Å²) in [4.78, 5) is 0. The highest BCUT2D eigenvalue weighted by Gasteiger charge is 2.28. The minimum Gasteiger partial charge on any atom is -0.398 e. The molecule has 1 heteroatoms. The molecule has 0 amide bonds. The zero-order valence-electron chi connectivity index (χ0n) is 11.0. The lowest BCUT2D eigenvalue weighted by Gasteiger charge is -2.35. The summed E-state index contributed by atoms with van der Waals surface area (Å²) in [7, 11) is 0. The molecule has 0 heterocycles. The Morgan fingerprint density at radius 3 is 2.47 bits per heavy atom. The van der Waals surface area contributed by atoms with Gasteiger partial charge in [0.2, 0.25) is 0 Å². The summed E-state index contributed by atoms with van der Waals surface area (Å²) in [5.41, 5.74) is 9.91. The summed E-state index contributed by atoms with van der Waals surface area (Å²) in [6.45, 7) is 4.66. The summed E-state index contributed by atoms with van der Waals surface area (Å²) in [6, 6.07) is 8.12. The number of hydrogen-bond acceptors (Lipinski definition) is 1. The van der Waals surface area contributed by atoms with E-state index in [0.29, 0.717) is 5.41 Å². The van der Waals surface area contributed by atoms with Crippen LogP contribution in [-0.4, -0.2) is 0 Å². The number of para-hydroxylation sites is 1. The van der Waals surface area contributed by atoms with Crippen LogP contribution in [0.4, 0.5) is 5.69 Å². The van der Waals surface area contributed by atoms with Crippen LogP contribution >= 0.6 is 0 Å². The molecule has 2 N–H and O–H groups in total. The van der Waals surface area contributed by atoms with E-state index in [2.05, 4.69) is 32.1 Å². The predicted octanol–water partition coefficient (Wildman–Crippen LogP) is 4.64. The molecule has 0 atom stereocenters. The Morgan fingerprint density at radius 2 is 1.82 bits per heavy atom. The number of nitrogens with two attached hydrogens (primary N) is 1. The van der Waals surface area contributed by atoms with Crippen molar-refractivity contribution >= 4 is 11.8 Å². The Morgan fingerprint density at radius 1 is 1.18 bits per heavy atom. The van der Waals surface area contributed by atoms with Crippen molar-refractivity contribution in [2.75, 3.05) is 5.73 Å². The van der Waals surface area contributed by atoms with Crippen LogP contribution in [0.2, 0.25) is 0 Å². The molecule has 2 rings (SSSR count). The van der Waals surface area contributed by atoms with Gasteiger partial charge in [0, 0.05) is 5.69 Å². The summed E-state index contributed by atoms with van der Waals surface area (Å²) in [5, 5.41) is 0. The number of allylic oxidation sites excluding steroid dienone is 1. The minimum absolute atomic E-state index is 0.389. The van der Waals surface area contributed by atoms with Gasteiger partial charge in [0.25, 0.3) is 0 Å². The monoisotopic (exact) mass is 229 g/mol. The van der Waals surface area contributed by atoms with Crippen molar-refractivity contribution in [1.29, 1.82) is 0 Å². The molecule has 0 radical (unpaired) electrons. The molecule has 0 spiro atoms. The van der Waals surface area contributed by atoms with Crippen LogP contribution in [0.25, 0.3) is 6.08 Å². The van der Waals surface area contributed by atoms with Gasteiger partial charge in [-0.15, -0.1) is 0 Å². The lowest BCUT2D eigenvalue weighted by atomic mass is 9.70. The molecule has 1 nitrogen and oxygen atoms in total. The Kier molecular flexibility index (Phi) is 3.56. The maximum absolute atomic E-state index is 6.00. The summed E-state index contributed by atoms with van der Waals surface area (Å²) >= 11 is 0. The zero-order chi connectivity index (χ0) is 12.3. The Bertz CT molecular complexity index is 411. The SMILES string of the molecule is C/C(=C\c1ccccc1N)C1(C)CCCCC1. The van der Waals surface area contributed by atoms with Crippen molar-refractivity contribution in [3.05, 3.63) is 35.4 Å². The van der Waals surface area contributed by atoms with Crippen LogP contribution in [0.5, 0.6) is 0 Å². The van der Waals surface area contributed by atoms with E-state index in [9.17, 15) is 0 Å². The second kappa shape index (κ2) is 4.95. The van der Waals surface area contributed by atoms with Crippen molar-refractivity contribution < 1.29 is 0 Å². The van der Waals surface area contributed by atoms with Crippen LogP contribution in [0, 0.1) is 5.41 Å². The molecular formula is C16H23N. The normalized spacial score (nSPS) is 20.2. The number of rotatable bonds is 2. The lowest BCUT2D eigenvalue weighted by molar-refractivity contribution is 0.269. The van der Waals surface area contributed by atoms with Crippen LogP contribution in [0.3, 0.4) is 0 Å². The first-order valence-corrected chi connectivity index (χ1v) is 6.65. The van der Waals surface area contributed by atoms with Gasteiger partial charge in [-0.05, 0) is 36.8 Å². The third-order valence-corrected chi connectivity index (χ3v) is 4.28. The number of anilines is 1. The highest BCUT2D eigenvalue weighted by Crippen LogP contribution is 2.42. The highest BCUT2D eigenvalue weighted by molar-refractivity contribution is 5.66. The van der Waals surface area contributed by atoms with Gasteiger partial charge in [-0.2, -0.15) is 0 Å². The van der Waals surface area contributed by atoms with Crippen LogP contribution in [0.15, 0.2) is 29.8 Å². The Hall–Kier alpha value is -1.24. The van der Waals surface area contributed by atoms with E-state index in [1.54, 1.807) is 0 Å². The highest BCUT2D eigenvalue weighted by atomic mass is 14.6. The van der Waals surface area contributed by atoms with Crippen molar-refractivity contribution in [2.45, 2.75) is 46.0 Å². The molecule has 1 aliphatic carbocycles. The second-order valence-corrected chi connectivity index (χ2v) is 5.58. The standard InChI is InChI=1S/C16H23N/c1-13(16(2)10-6-3-7-11-16)12-14-8-4-5-9-15(14)17/h4-5,8-9,12H,3,6-7,10-11,17H2,1-2H3/b13-12+. The van der Waals surface area contributed by atoms with Gasteiger partial charge >= 0.3 is 0 Å². The van der Waals surface area contributed by atoms with Crippen molar-refractivity contribution in [3.8, 4) is 0 Å². The summed E-state index contributed by atoms with van der Waals surface area (Å²) in [5.74, 6) is 0. The maximum Gasteiger partial charge on any atom is 0.0387 e. The predicted molar refractivity (Wildman–Crippen MR) is 75.7 cm³/mol. The molecule has 1 fully saturated rings. The third kappa shape index (κ3) is 2.71. The van der Waals surface area contributed by atoms with Crippen LogP contribution < -0.4 is 5.73 Å². The van der Waals surface area contributed by atoms with E-state index in [-0.39, 0.29) is 0 Å². The van der Waals surface area contributed by atoms with Crippen LogP contribution in [0.1, 0.15) is 51.5 Å². The van der Waals surface area contributed by atoms with Crippen LogP contribution in [-0.2, 0) is 0 Å². The van der Waals surface area contributed by atoms with Gasteiger partial charge in [-0.3, -0.25) is 0 Å². The number of benzene rings is 1. The molecule has 0 aliphatic heterocycles. The first-order chi connectivity index (χ1) is 8.12. The van der Waals surface area contributed by atoms with Crippen molar-refractivity contribution in [1.82, 2.24) is 0 Å². The van der Waals surface area contributed by atoms with E-state index in [1.165, 1.54) is 37.7 Å². The maximum atomic E-state index is 6.00. The number of nitrogen functional groups attached to an aromatic ring is 1. The van der Waals surface area contributed by atoms with Gasteiger partial charge in [0.1, 0.15) is 0 Å². The summed E-state index contributed by atoms with van der Waals surface area (Å²) < 4.78 is 0. The van der Waals surface area contributed by atoms with Gasteiger partial charge in [-0.1, -0.05) is 56.0 Å². The van der Waals surface area contributed by atoms with Crippen molar-refractivity contribution in [3.63, 3.8) is 0 Å². The largest absolute Gasteiger partial charge is 0.398 e. The van der Waals surface area contributed by atoms with Gasteiger partial charge < -0.3 is 5.73 Å². The lowest BCUT2D eigenvalue weighted by Crippen LogP contribution is -2.21. The molecule has 0 bridgehead atoms. The van der Waals surface area contributed by atoms with Gasteiger partial charge in [0.15, 0.2) is 0 Å². The zero-order valence-corrected chi connectivity index (χ0v) is 11.0. The quantitative estimate of drug-likeness (QED) is 0.734. The van der Waals surface area contributed by atoms with Gasteiger partial charge in [0.05, 0.1) is 0 Å². The molecule has 1 aromatic rings. The average molecular weight is 229 g/mol. The van der Waals surface area contributed by atoms with E-state index in [0.717, 1.165) is 11.3 Å². The smallest absolute Gasteiger partial charge is 0.0387 e. The minimum atomic E-state index is 0.389. The topological polar surface area (TPSA) is 26.0 Å². The first kappa shape index (κ1) is 12.2. The van der Waals surface area contributed by atoms with Crippen molar-refractivity contribution in [2.24, 2.45) is 5.41 Å². The van der Waals surface area contributed by atoms with E-state index in [1.807, 2.05) is 12.1 Å². The molecule has 17 heavy (non-hydrogen) atoms. The third-order valence-electron chi connectivity index (χ3n) is 4.28. The molecule has 92 valence electrons. The molecule has 1 aliphatic rings. The Labute approximate surface area is 105 Å². The fourth-order valence-corrected chi connectivity index (χ4v) is 2.78. The molecule has 1 aromatic carbocycles. The van der Waals surface area contributed by atoms with Gasteiger partial charge in [-0.25, -0.2) is 0 Å². The molecule has 0 aromatic heterocycles. The summed E-state index contributed by atoms with van der Waals surface area (Å²) in [6.07, 6.45) is 9.05. The number of hydrogen-bond donors (Lipinski definition) is 1. The van der Waals surface area contributed by atoms with E-state index in [4.69, 9.17) is 5.73 Å².